The fraction of sp³-hybridized carbons (Fsp3) is 0.348. The molecule has 2 aromatic heterocycles. The Morgan fingerprint density at radius 3 is 2.47 bits per heavy atom. The number of para-hydroxylation sites is 1. The molecule has 11 heteroatoms. The van der Waals surface area contributed by atoms with Gasteiger partial charge in [-0.1, -0.05) is 29.8 Å². The summed E-state index contributed by atoms with van der Waals surface area (Å²) in [7, 11) is 0. The summed E-state index contributed by atoms with van der Waals surface area (Å²) in [6, 6.07) is 12.9. The molecule has 1 aromatic carbocycles. The summed E-state index contributed by atoms with van der Waals surface area (Å²) in [5, 5.41) is 3.81. The molecule has 0 radical (unpaired) electrons. The lowest BCUT2D eigenvalue weighted by atomic mass is 10.2. The number of amides is 1. The number of carbonyl (C=O) groups excluding carboxylic acids is 1. The van der Waals surface area contributed by atoms with Gasteiger partial charge in [0.2, 0.25) is 5.88 Å². The van der Waals surface area contributed by atoms with Gasteiger partial charge in [-0.2, -0.15) is 23.0 Å². The number of carbonyl (C=O) groups is 1. The van der Waals surface area contributed by atoms with Gasteiger partial charge < -0.3 is 9.64 Å². The predicted molar refractivity (Wildman–Crippen MR) is 120 cm³/mol. The Kier molecular flexibility index (Phi) is 7.38. The zero-order chi connectivity index (χ0) is 24.1. The highest BCUT2D eigenvalue weighted by molar-refractivity contribution is 6.32. The number of aromatic nitrogens is 3. The molecule has 1 saturated heterocycles. The number of hydrogen-bond acceptors (Lipinski definition) is 5. The third-order valence-electron chi connectivity index (χ3n) is 5.53. The molecule has 0 unspecified atom stereocenters. The summed E-state index contributed by atoms with van der Waals surface area (Å²) >= 11 is 6.14. The monoisotopic (exact) mass is 493 g/mol. The van der Waals surface area contributed by atoms with E-state index in [4.69, 9.17) is 16.3 Å². The van der Waals surface area contributed by atoms with Crippen molar-refractivity contribution >= 4 is 17.5 Å². The number of nitrogens with zero attached hydrogens (tertiary/aromatic N) is 5. The van der Waals surface area contributed by atoms with Crippen LogP contribution in [0.15, 0.2) is 54.7 Å². The molecule has 1 amide bonds. The van der Waals surface area contributed by atoms with Gasteiger partial charge in [-0.05, 0) is 24.3 Å². The SMILES string of the molecule is O=C(COc1cc(C(F)(F)F)nn1-c1ccccc1Cl)N1CCN(CCc2ccccn2)CC1. The zero-order valence-electron chi connectivity index (χ0n) is 18.2. The van der Waals surface area contributed by atoms with Crippen molar-refractivity contribution in [2.75, 3.05) is 39.3 Å². The van der Waals surface area contributed by atoms with Gasteiger partial charge in [0, 0.05) is 57.1 Å². The van der Waals surface area contributed by atoms with E-state index in [0.717, 1.165) is 29.4 Å². The first-order valence-corrected chi connectivity index (χ1v) is 11.1. The second-order valence-electron chi connectivity index (χ2n) is 7.81. The normalized spacial score (nSPS) is 14.9. The molecule has 0 bridgehead atoms. The first kappa shape index (κ1) is 24.0. The number of hydrogen-bond donors (Lipinski definition) is 0. The van der Waals surface area contributed by atoms with E-state index in [0.29, 0.717) is 26.2 Å². The minimum Gasteiger partial charge on any atom is -0.467 e. The Bertz CT molecular complexity index is 1120. The smallest absolute Gasteiger partial charge is 0.435 e. The Morgan fingerprint density at radius 2 is 1.79 bits per heavy atom. The van der Waals surface area contributed by atoms with E-state index < -0.39 is 18.5 Å². The van der Waals surface area contributed by atoms with E-state index >= 15 is 0 Å². The van der Waals surface area contributed by atoms with Gasteiger partial charge in [0.15, 0.2) is 12.3 Å². The van der Waals surface area contributed by atoms with Crippen LogP contribution in [0.1, 0.15) is 11.4 Å². The van der Waals surface area contributed by atoms with Crippen LogP contribution in [0.5, 0.6) is 5.88 Å². The van der Waals surface area contributed by atoms with E-state index in [1.807, 2.05) is 18.2 Å². The molecule has 0 aliphatic carbocycles. The number of piperazine rings is 1. The Labute approximate surface area is 199 Å². The summed E-state index contributed by atoms with van der Waals surface area (Å²) < 4.78 is 46.2. The zero-order valence-corrected chi connectivity index (χ0v) is 19.0. The van der Waals surface area contributed by atoms with Crippen molar-refractivity contribution in [3.63, 3.8) is 0 Å². The maximum atomic E-state index is 13.2. The van der Waals surface area contributed by atoms with Crippen molar-refractivity contribution in [2.45, 2.75) is 12.6 Å². The van der Waals surface area contributed by atoms with Crippen molar-refractivity contribution in [2.24, 2.45) is 0 Å². The van der Waals surface area contributed by atoms with Crippen molar-refractivity contribution in [3.05, 3.63) is 71.1 Å². The van der Waals surface area contributed by atoms with Gasteiger partial charge in [-0.3, -0.25) is 14.7 Å². The van der Waals surface area contributed by atoms with Crippen LogP contribution < -0.4 is 4.74 Å². The Balaban J connectivity index is 1.35. The lowest BCUT2D eigenvalue weighted by Crippen LogP contribution is -2.50. The van der Waals surface area contributed by atoms with Gasteiger partial charge in [0.05, 0.1) is 10.7 Å². The van der Waals surface area contributed by atoms with Crippen molar-refractivity contribution in [1.82, 2.24) is 24.6 Å². The molecule has 3 heterocycles. The molecule has 1 aliphatic rings. The van der Waals surface area contributed by atoms with Crippen LogP contribution in [0.4, 0.5) is 13.2 Å². The number of alkyl halides is 3. The van der Waals surface area contributed by atoms with Gasteiger partial charge in [0.25, 0.3) is 5.91 Å². The standard InChI is InChI=1S/C23H23ClF3N5O2/c24-18-6-1-2-7-19(18)32-22(15-20(29-32)23(25,26)27)34-16-21(33)31-13-11-30(12-14-31)10-8-17-5-3-4-9-28-17/h1-7,9,15H,8,10-14,16H2. The third kappa shape index (κ3) is 5.87. The van der Waals surface area contributed by atoms with E-state index in [1.54, 1.807) is 23.2 Å². The number of ether oxygens (including phenoxy) is 1. The lowest BCUT2D eigenvalue weighted by molar-refractivity contribution is -0.141. The second kappa shape index (κ2) is 10.4. The van der Waals surface area contributed by atoms with Crippen LogP contribution in [0.2, 0.25) is 5.02 Å². The van der Waals surface area contributed by atoms with Gasteiger partial charge in [-0.25, -0.2) is 0 Å². The van der Waals surface area contributed by atoms with Crippen LogP contribution in [0.25, 0.3) is 5.69 Å². The molecule has 0 atom stereocenters. The molecule has 1 aliphatic heterocycles. The topological polar surface area (TPSA) is 63.5 Å². The van der Waals surface area contributed by atoms with Gasteiger partial charge in [-0.15, -0.1) is 0 Å². The molecule has 0 N–H and O–H groups in total. The van der Waals surface area contributed by atoms with Crippen LogP contribution in [0.3, 0.4) is 0 Å². The number of pyridine rings is 1. The van der Waals surface area contributed by atoms with Crippen molar-refractivity contribution < 1.29 is 22.7 Å². The maximum Gasteiger partial charge on any atom is 0.435 e. The van der Waals surface area contributed by atoms with E-state index in [-0.39, 0.29) is 22.5 Å². The molecule has 0 spiro atoms. The summed E-state index contributed by atoms with van der Waals surface area (Å²) in [5.74, 6) is -0.507. The average Bonchev–Trinajstić information content (AvgIpc) is 3.27. The first-order valence-electron chi connectivity index (χ1n) is 10.8. The summed E-state index contributed by atoms with van der Waals surface area (Å²) in [6.07, 6.45) is -2.08. The summed E-state index contributed by atoms with van der Waals surface area (Å²) in [4.78, 5) is 20.9. The molecular weight excluding hydrogens is 471 g/mol. The largest absolute Gasteiger partial charge is 0.467 e. The highest BCUT2D eigenvalue weighted by atomic mass is 35.5. The molecule has 3 aromatic rings. The molecule has 180 valence electrons. The minimum atomic E-state index is -4.67. The van der Waals surface area contributed by atoms with Crippen LogP contribution >= 0.6 is 11.6 Å². The maximum absolute atomic E-state index is 13.2. The Morgan fingerprint density at radius 1 is 1.06 bits per heavy atom. The fourth-order valence-electron chi connectivity index (χ4n) is 3.67. The fourth-order valence-corrected chi connectivity index (χ4v) is 3.88. The third-order valence-corrected chi connectivity index (χ3v) is 5.85. The van der Waals surface area contributed by atoms with Crippen molar-refractivity contribution in [1.29, 1.82) is 0 Å². The van der Waals surface area contributed by atoms with Crippen molar-refractivity contribution in [3.8, 4) is 11.6 Å². The molecule has 34 heavy (non-hydrogen) atoms. The molecule has 1 fully saturated rings. The average molecular weight is 494 g/mol. The quantitative estimate of drug-likeness (QED) is 0.502. The minimum absolute atomic E-state index is 0.206. The van der Waals surface area contributed by atoms with Gasteiger partial charge in [0.1, 0.15) is 0 Å². The molecule has 0 saturated carbocycles. The molecule has 7 nitrogen and oxygen atoms in total. The highest BCUT2D eigenvalue weighted by Crippen LogP contribution is 2.33. The van der Waals surface area contributed by atoms with E-state index in [9.17, 15) is 18.0 Å². The Hall–Kier alpha value is -3.11. The predicted octanol–water partition coefficient (Wildman–Crippen LogP) is 3.71. The van der Waals surface area contributed by atoms with Crippen LogP contribution in [-0.4, -0.2) is 69.8 Å². The van der Waals surface area contributed by atoms with E-state index in [1.165, 1.54) is 12.1 Å². The molecule has 4 rings (SSSR count). The molecular formula is C23H23ClF3N5O2. The second-order valence-corrected chi connectivity index (χ2v) is 8.22. The van der Waals surface area contributed by atoms with Gasteiger partial charge >= 0.3 is 6.18 Å². The summed E-state index contributed by atoms with van der Waals surface area (Å²) in [6.45, 7) is 2.88. The summed E-state index contributed by atoms with van der Waals surface area (Å²) in [5.41, 5.74) is 0.114. The number of benzene rings is 1. The number of rotatable bonds is 7. The number of halogens is 4. The van der Waals surface area contributed by atoms with Crippen LogP contribution in [0, 0.1) is 0 Å². The highest BCUT2D eigenvalue weighted by Gasteiger charge is 2.36. The lowest BCUT2D eigenvalue weighted by Gasteiger charge is -2.34. The van der Waals surface area contributed by atoms with Crippen LogP contribution in [-0.2, 0) is 17.4 Å². The first-order chi connectivity index (χ1) is 16.3. The van der Waals surface area contributed by atoms with E-state index in [2.05, 4.69) is 15.0 Å².